The highest BCUT2D eigenvalue weighted by atomic mass is 16.6. The van der Waals surface area contributed by atoms with Gasteiger partial charge >= 0.3 is 12.1 Å². The van der Waals surface area contributed by atoms with Crippen LogP contribution in [0.4, 0.5) is 4.79 Å². The van der Waals surface area contributed by atoms with Crippen LogP contribution in [0.2, 0.25) is 0 Å². The fourth-order valence-corrected chi connectivity index (χ4v) is 3.42. The quantitative estimate of drug-likeness (QED) is 0.250. The molecule has 9 heteroatoms. The monoisotopic (exact) mass is 513 g/mol. The van der Waals surface area contributed by atoms with Crippen molar-refractivity contribution in [2.45, 2.75) is 72.1 Å². The molecule has 0 saturated carbocycles. The van der Waals surface area contributed by atoms with E-state index in [2.05, 4.69) is 23.3 Å². The second-order valence-corrected chi connectivity index (χ2v) is 9.47. The predicted molar refractivity (Wildman–Crippen MR) is 142 cm³/mol. The molecule has 0 bridgehead atoms. The van der Waals surface area contributed by atoms with Crippen molar-refractivity contribution >= 4 is 30.0 Å². The smallest absolute Gasteiger partial charge is 0.408 e. The van der Waals surface area contributed by atoms with Gasteiger partial charge in [-0.1, -0.05) is 57.5 Å². The summed E-state index contributed by atoms with van der Waals surface area (Å²) in [7, 11) is 0. The Kier molecular flexibility index (Phi) is 12.4. The Morgan fingerprint density at radius 3 is 2.43 bits per heavy atom. The summed E-state index contributed by atoms with van der Waals surface area (Å²) in [6, 6.07) is 6.93. The summed E-state index contributed by atoms with van der Waals surface area (Å²) in [5.41, 5.74) is 0.389. The Labute approximate surface area is 220 Å². The summed E-state index contributed by atoms with van der Waals surface area (Å²) in [6.45, 7) is 14.5. The van der Waals surface area contributed by atoms with Crippen LogP contribution in [-0.2, 0) is 23.9 Å². The molecule has 0 radical (unpaired) electrons. The van der Waals surface area contributed by atoms with Gasteiger partial charge in [-0.25, -0.2) is 4.79 Å². The van der Waals surface area contributed by atoms with Crippen LogP contribution in [0.1, 0.15) is 71.6 Å². The Balaban J connectivity index is 3.37. The first-order valence-corrected chi connectivity index (χ1v) is 12.3. The molecule has 3 unspecified atom stereocenters. The van der Waals surface area contributed by atoms with Crippen LogP contribution < -0.4 is 10.6 Å². The minimum absolute atomic E-state index is 0.00708. The van der Waals surface area contributed by atoms with Crippen molar-refractivity contribution in [3.8, 4) is 12.5 Å². The number of esters is 1. The van der Waals surface area contributed by atoms with Crippen molar-refractivity contribution < 1.29 is 28.7 Å². The molecule has 0 aliphatic rings. The van der Waals surface area contributed by atoms with E-state index in [-0.39, 0.29) is 25.5 Å². The van der Waals surface area contributed by atoms with E-state index in [0.717, 1.165) is 10.5 Å². The van der Waals surface area contributed by atoms with Crippen molar-refractivity contribution in [1.29, 1.82) is 0 Å². The minimum atomic E-state index is -1.23. The molecule has 0 saturated heterocycles. The van der Waals surface area contributed by atoms with Crippen LogP contribution in [0.15, 0.2) is 30.8 Å². The average molecular weight is 514 g/mol. The number of carbonyl (C=O) groups is 4. The highest BCUT2D eigenvalue weighted by Gasteiger charge is 2.37. The van der Waals surface area contributed by atoms with Gasteiger partial charge in [0.15, 0.2) is 0 Å². The van der Waals surface area contributed by atoms with Crippen molar-refractivity contribution in [2.75, 3.05) is 13.2 Å². The lowest BCUT2D eigenvalue weighted by molar-refractivity contribution is -0.143. The summed E-state index contributed by atoms with van der Waals surface area (Å²) >= 11 is 0. The maximum atomic E-state index is 13.8. The number of carbonyl (C=O) groups excluding carboxylic acids is 4. The number of ether oxygens (including phenoxy) is 2. The molecule has 3 amide bonds. The van der Waals surface area contributed by atoms with E-state index in [9.17, 15) is 19.2 Å². The van der Waals surface area contributed by atoms with E-state index in [1.54, 1.807) is 65.0 Å². The molecule has 2 N–H and O–H groups in total. The summed E-state index contributed by atoms with van der Waals surface area (Å²) in [6.07, 6.45) is 7.12. The summed E-state index contributed by atoms with van der Waals surface area (Å²) in [4.78, 5) is 52.3. The van der Waals surface area contributed by atoms with E-state index in [0.29, 0.717) is 12.0 Å². The van der Waals surface area contributed by atoms with Crippen molar-refractivity contribution in [3.05, 3.63) is 42.0 Å². The molecule has 1 aromatic rings. The zero-order chi connectivity index (χ0) is 28.2. The first kappa shape index (κ1) is 31.2. The first-order valence-electron chi connectivity index (χ1n) is 12.3. The number of benzene rings is 1. The number of rotatable bonds is 12. The van der Waals surface area contributed by atoms with Crippen molar-refractivity contribution in [1.82, 2.24) is 15.5 Å². The average Bonchev–Trinajstić information content (AvgIpc) is 2.83. The Hall–Kier alpha value is -3.80. The lowest BCUT2D eigenvalue weighted by Gasteiger charge is -2.32. The van der Waals surface area contributed by atoms with Crippen LogP contribution in [0.25, 0.3) is 6.08 Å². The van der Waals surface area contributed by atoms with Gasteiger partial charge in [-0.2, -0.15) is 0 Å². The van der Waals surface area contributed by atoms with Crippen LogP contribution in [-0.4, -0.2) is 53.6 Å². The third-order valence-corrected chi connectivity index (χ3v) is 5.43. The number of amides is 3. The Morgan fingerprint density at radius 1 is 1.22 bits per heavy atom. The van der Waals surface area contributed by atoms with E-state index in [1.807, 2.05) is 6.92 Å². The second kappa shape index (κ2) is 14.7. The van der Waals surface area contributed by atoms with Gasteiger partial charge in [0.2, 0.25) is 5.91 Å². The molecule has 1 rings (SSSR count). The van der Waals surface area contributed by atoms with Gasteiger partial charge in [-0.15, -0.1) is 0 Å². The number of alkyl carbamates (subject to hydrolysis) is 1. The lowest BCUT2D eigenvalue weighted by atomic mass is 9.95. The molecule has 3 atom stereocenters. The second-order valence-electron chi connectivity index (χ2n) is 9.47. The number of terminal acetylenes is 1. The molecule has 0 aromatic heterocycles. The first-order chi connectivity index (χ1) is 17.4. The summed E-state index contributed by atoms with van der Waals surface area (Å²) in [5.74, 6) is -2.01. The molecule has 37 heavy (non-hydrogen) atoms. The molecular formula is C28H39N3O6. The topological polar surface area (TPSA) is 114 Å². The molecule has 0 aliphatic carbocycles. The van der Waals surface area contributed by atoms with Crippen LogP contribution in [0, 0.1) is 18.4 Å². The highest BCUT2D eigenvalue weighted by Crippen LogP contribution is 2.25. The summed E-state index contributed by atoms with van der Waals surface area (Å²) in [5, 5.41) is 5.29. The van der Waals surface area contributed by atoms with Gasteiger partial charge in [-0.3, -0.25) is 19.3 Å². The number of nitrogens with one attached hydrogen (secondary N) is 2. The van der Waals surface area contributed by atoms with Crippen molar-refractivity contribution in [2.24, 2.45) is 5.92 Å². The van der Waals surface area contributed by atoms with E-state index in [4.69, 9.17) is 15.9 Å². The highest BCUT2D eigenvalue weighted by molar-refractivity contribution is 5.93. The number of hydrogen-bond acceptors (Lipinski definition) is 6. The molecular weight excluding hydrogens is 474 g/mol. The van der Waals surface area contributed by atoms with Gasteiger partial charge < -0.3 is 20.1 Å². The standard InChI is InChI=1S/C28H39N3O6/c1-9-19(5)23(30-27(35)37-28(6,7)8)26(34)31(11-3)24(21-15-13-14-20(10-2)18-21)25(33)29-17-16-22(32)36-12-4/h3,10,13-15,18-19,23-24H,2,9,12,16-17H2,1,4-8H3,(H,29,33)(H,30,35). The van der Waals surface area contributed by atoms with Gasteiger partial charge in [0.25, 0.3) is 5.91 Å². The third-order valence-electron chi connectivity index (χ3n) is 5.43. The van der Waals surface area contributed by atoms with Crippen LogP contribution >= 0.6 is 0 Å². The zero-order valence-corrected chi connectivity index (χ0v) is 22.6. The summed E-state index contributed by atoms with van der Waals surface area (Å²) < 4.78 is 10.2. The molecule has 9 nitrogen and oxygen atoms in total. The molecule has 1 aromatic carbocycles. The predicted octanol–water partition coefficient (Wildman–Crippen LogP) is 3.80. The Bertz CT molecular complexity index is 1010. The van der Waals surface area contributed by atoms with Gasteiger partial charge in [-0.05, 0) is 50.8 Å². The van der Waals surface area contributed by atoms with E-state index < -0.39 is 41.6 Å². The molecule has 0 spiro atoms. The fraction of sp³-hybridized carbons (Fsp3) is 0.500. The third kappa shape index (κ3) is 10.00. The SMILES string of the molecule is C#CN(C(=O)C(NC(=O)OC(C)(C)C)C(C)CC)C(C(=O)NCCC(=O)OCC)c1cccc(C=C)c1. The molecule has 0 aliphatic heterocycles. The Morgan fingerprint density at radius 2 is 1.89 bits per heavy atom. The van der Waals surface area contributed by atoms with Gasteiger partial charge in [0.05, 0.1) is 13.0 Å². The van der Waals surface area contributed by atoms with E-state index >= 15 is 0 Å². The molecule has 0 heterocycles. The van der Waals surface area contributed by atoms with Gasteiger partial charge in [0, 0.05) is 12.6 Å². The zero-order valence-electron chi connectivity index (χ0n) is 22.6. The maximum Gasteiger partial charge on any atom is 0.408 e. The number of nitrogens with zero attached hydrogens (tertiary/aromatic N) is 1. The maximum absolute atomic E-state index is 13.8. The minimum Gasteiger partial charge on any atom is -0.466 e. The molecule has 202 valence electrons. The van der Waals surface area contributed by atoms with Crippen LogP contribution in [0.5, 0.6) is 0 Å². The lowest BCUT2D eigenvalue weighted by Crippen LogP contribution is -2.54. The van der Waals surface area contributed by atoms with Gasteiger partial charge in [0.1, 0.15) is 17.7 Å². The largest absolute Gasteiger partial charge is 0.466 e. The fourth-order valence-electron chi connectivity index (χ4n) is 3.42. The number of hydrogen-bond donors (Lipinski definition) is 2. The normalized spacial score (nSPS) is 13.2. The van der Waals surface area contributed by atoms with Crippen molar-refractivity contribution in [3.63, 3.8) is 0 Å². The molecule has 0 fully saturated rings. The van der Waals surface area contributed by atoms with E-state index in [1.165, 1.54) is 0 Å². The van der Waals surface area contributed by atoms with Crippen LogP contribution in [0.3, 0.4) is 0 Å².